The van der Waals surface area contributed by atoms with Crippen LogP contribution in [0.2, 0.25) is 0 Å². The quantitative estimate of drug-likeness (QED) is 0.586. The van der Waals surface area contributed by atoms with Crippen LogP contribution in [0, 0.1) is 17.1 Å². The molecule has 0 saturated carbocycles. The summed E-state index contributed by atoms with van der Waals surface area (Å²) in [6, 6.07) is 14.3. The lowest BCUT2D eigenvalue weighted by Gasteiger charge is -2.02. The van der Waals surface area contributed by atoms with Crippen LogP contribution >= 0.6 is 11.8 Å². The third-order valence-corrected chi connectivity index (χ3v) is 4.53. The van der Waals surface area contributed by atoms with Crippen molar-refractivity contribution in [1.82, 2.24) is 19.6 Å². The van der Waals surface area contributed by atoms with Crippen LogP contribution in [0.3, 0.4) is 0 Å². The second-order valence-electron chi connectivity index (χ2n) is 4.98. The van der Waals surface area contributed by atoms with E-state index in [1.165, 1.54) is 17.8 Å². The van der Waals surface area contributed by atoms with Crippen LogP contribution in [0.15, 0.2) is 47.6 Å². The maximum Gasteiger partial charge on any atom is 0.231 e. The summed E-state index contributed by atoms with van der Waals surface area (Å²) in [5, 5.41) is 16.9. The molecule has 23 heavy (non-hydrogen) atoms. The van der Waals surface area contributed by atoms with E-state index in [1.807, 2.05) is 34.7 Å². The number of para-hydroxylation sites is 2. The van der Waals surface area contributed by atoms with Crippen LogP contribution in [0.25, 0.3) is 16.8 Å². The highest BCUT2D eigenvalue weighted by Gasteiger charge is 2.12. The largest absolute Gasteiger partial charge is 0.254 e. The van der Waals surface area contributed by atoms with E-state index >= 15 is 0 Å². The number of nitrogens with zero attached hydrogens (tertiary/aromatic N) is 4. The van der Waals surface area contributed by atoms with Gasteiger partial charge in [0.05, 0.1) is 16.6 Å². The average Bonchev–Trinajstić information content (AvgIpc) is 3.13. The van der Waals surface area contributed by atoms with Crippen LogP contribution < -0.4 is 0 Å². The summed E-state index contributed by atoms with van der Waals surface area (Å²) in [5.41, 5.74) is 2.81. The molecule has 0 fully saturated rings. The monoisotopic (exact) mass is 323 g/mol. The second kappa shape index (κ2) is 5.41. The van der Waals surface area contributed by atoms with Gasteiger partial charge in [-0.15, -0.1) is 5.10 Å². The fourth-order valence-corrected chi connectivity index (χ4v) is 3.33. The van der Waals surface area contributed by atoms with Gasteiger partial charge >= 0.3 is 0 Å². The molecule has 0 aliphatic rings. The Labute approximate surface area is 134 Å². The minimum atomic E-state index is -0.496. The van der Waals surface area contributed by atoms with Gasteiger partial charge in [-0.2, -0.15) is 5.26 Å². The first-order chi connectivity index (χ1) is 11.3. The Morgan fingerprint density at radius 2 is 2.13 bits per heavy atom. The van der Waals surface area contributed by atoms with Crippen LogP contribution in [0.5, 0.6) is 0 Å². The molecule has 0 radical (unpaired) electrons. The van der Waals surface area contributed by atoms with Crippen molar-refractivity contribution in [2.45, 2.75) is 10.9 Å². The molecule has 4 rings (SSSR count). The number of H-pyrrole nitrogens is 1. The van der Waals surface area contributed by atoms with E-state index in [0.717, 1.165) is 21.8 Å². The summed E-state index contributed by atoms with van der Waals surface area (Å²) >= 11 is 1.50. The van der Waals surface area contributed by atoms with Crippen molar-refractivity contribution >= 4 is 28.6 Å². The van der Waals surface area contributed by atoms with E-state index in [9.17, 15) is 4.39 Å². The molecule has 1 N–H and O–H groups in total. The molecule has 0 aliphatic heterocycles. The lowest BCUT2D eigenvalue weighted by Crippen LogP contribution is -1.90. The number of nitrogens with one attached hydrogen (secondary N) is 1. The van der Waals surface area contributed by atoms with Crippen molar-refractivity contribution in [3.05, 3.63) is 59.4 Å². The molecule has 0 atom stereocenters. The zero-order valence-corrected chi connectivity index (χ0v) is 12.6. The fraction of sp³-hybridized carbons (Fsp3) is 0.0625. The number of hydrogen-bond donors (Lipinski definition) is 1. The maximum atomic E-state index is 13.4. The number of imidazole rings is 1. The van der Waals surface area contributed by atoms with E-state index in [2.05, 4.69) is 15.2 Å². The molecule has 2 aromatic heterocycles. The van der Waals surface area contributed by atoms with Gasteiger partial charge in [0, 0.05) is 5.75 Å². The molecule has 112 valence electrons. The Hall–Kier alpha value is -2.85. The van der Waals surface area contributed by atoms with E-state index < -0.39 is 5.82 Å². The predicted molar refractivity (Wildman–Crippen MR) is 85.5 cm³/mol. The number of rotatable bonds is 3. The smallest absolute Gasteiger partial charge is 0.231 e. The average molecular weight is 323 g/mol. The molecule has 0 bridgehead atoms. The van der Waals surface area contributed by atoms with Gasteiger partial charge < -0.3 is 0 Å². The number of benzene rings is 2. The molecule has 7 heteroatoms. The summed E-state index contributed by atoms with van der Waals surface area (Å²) in [6.45, 7) is 0. The van der Waals surface area contributed by atoms with Crippen LogP contribution in [0.1, 0.15) is 11.1 Å². The number of hydrogen-bond acceptors (Lipinski definition) is 4. The highest BCUT2D eigenvalue weighted by Crippen LogP contribution is 2.26. The number of aromatic amines is 1. The molecule has 0 saturated heterocycles. The van der Waals surface area contributed by atoms with Gasteiger partial charge in [-0.3, -0.25) is 4.40 Å². The van der Waals surface area contributed by atoms with Crippen molar-refractivity contribution in [2.75, 3.05) is 0 Å². The molecule has 4 aromatic rings. The molecule has 0 spiro atoms. The summed E-state index contributed by atoms with van der Waals surface area (Å²) in [6.07, 6.45) is 0. The highest BCUT2D eigenvalue weighted by molar-refractivity contribution is 7.98. The van der Waals surface area contributed by atoms with Gasteiger partial charge in [0.2, 0.25) is 5.78 Å². The Morgan fingerprint density at radius 3 is 3.00 bits per heavy atom. The molecule has 2 aromatic carbocycles. The zero-order chi connectivity index (χ0) is 15.8. The SMILES string of the molecule is N#Cc1cc(CSc2n[nH]c3nc4ccccc4n23)ccc1F. The van der Waals surface area contributed by atoms with E-state index in [1.54, 1.807) is 12.1 Å². The standard InChI is InChI=1S/C16H10FN5S/c17-12-6-5-10(7-11(12)8-18)9-23-16-21-20-15-19-13-3-1-2-4-14(13)22(15)16/h1-7H,9H2,(H,19,20). The number of nitriles is 1. The van der Waals surface area contributed by atoms with Gasteiger partial charge in [0.1, 0.15) is 11.9 Å². The van der Waals surface area contributed by atoms with Crippen molar-refractivity contribution in [1.29, 1.82) is 5.26 Å². The van der Waals surface area contributed by atoms with Crippen LogP contribution in [-0.2, 0) is 5.75 Å². The topological polar surface area (TPSA) is 69.8 Å². The van der Waals surface area contributed by atoms with Crippen molar-refractivity contribution in [3.8, 4) is 6.07 Å². The van der Waals surface area contributed by atoms with E-state index in [0.29, 0.717) is 11.5 Å². The first-order valence-electron chi connectivity index (χ1n) is 6.89. The van der Waals surface area contributed by atoms with Gasteiger partial charge in [0.15, 0.2) is 5.16 Å². The molecule has 0 amide bonds. The normalized spacial score (nSPS) is 11.1. The minimum Gasteiger partial charge on any atom is -0.254 e. The molecular formula is C16H10FN5S. The van der Waals surface area contributed by atoms with E-state index in [-0.39, 0.29) is 5.56 Å². The Bertz CT molecular complexity index is 1060. The van der Waals surface area contributed by atoms with Gasteiger partial charge in [-0.1, -0.05) is 30.0 Å². The summed E-state index contributed by atoms with van der Waals surface area (Å²) in [5.74, 6) is 0.774. The summed E-state index contributed by atoms with van der Waals surface area (Å²) < 4.78 is 15.3. The Balaban J connectivity index is 1.67. The van der Waals surface area contributed by atoms with Crippen molar-refractivity contribution < 1.29 is 4.39 Å². The number of halogens is 1. The highest BCUT2D eigenvalue weighted by atomic mass is 32.2. The molecule has 0 unspecified atom stereocenters. The lowest BCUT2D eigenvalue weighted by atomic mass is 10.1. The molecule has 2 heterocycles. The van der Waals surface area contributed by atoms with Crippen LogP contribution in [-0.4, -0.2) is 19.6 Å². The first-order valence-corrected chi connectivity index (χ1v) is 7.88. The Morgan fingerprint density at radius 1 is 1.26 bits per heavy atom. The summed E-state index contributed by atoms with van der Waals surface area (Å²) in [4.78, 5) is 4.47. The van der Waals surface area contributed by atoms with Gasteiger partial charge in [0.25, 0.3) is 0 Å². The first kappa shape index (κ1) is 13.8. The third kappa shape index (κ3) is 2.33. The Kier molecular flexibility index (Phi) is 3.24. The van der Waals surface area contributed by atoms with Gasteiger partial charge in [-0.25, -0.2) is 14.5 Å². The van der Waals surface area contributed by atoms with Crippen molar-refractivity contribution in [2.24, 2.45) is 0 Å². The number of fused-ring (bicyclic) bond motifs is 3. The molecular weight excluding hydrogens is 313 g/mol. The number of thioether (sulfide) groups is 1. The second-order valence-corrected chi connectivity index (χ2v) is 5.92. The van der Waals surface area contributed by atoms with E-state index in [4.69, 9.17) is 5.26 Å². The minimum absolute atomic E-state index is 0.0587. The zero-order valence-electron chi connectivity index (χ0n) is 11.8. The fourth-order valence-electron chi connectivity index (χ4n) is 2.44. The lowest BCUT2D eigenvalue weighted by molar-refractivity contribution is 0.623. The maximum absolute atomic E-state index is 13.4. The molecule has 0 aliphatic carbocycles. The molecule has 5 nitrogen and oxygen atoms in total. The predicted octanol–water partition coefficient (Wildman–Crippen LogP) is 3.51. The third-order valence-electron chi connectivity index (χ3n) is 3.52. The van der Waals surface area contributed by atoms with Crippen molar-refractivity contribution in [3.63, 3.8) is 0 Å². The number of aromatic nitrogens is 4. The summed E-state index contributed by atoms with van der Waals surface area (Å²) in [7, 11) is 0. The van der Waals surface area contributed by atoms with Crippen LogP contribution in [0.4, 0.5) is 4.39 Å². The van der Waals surface area contributed by atoms with Gasteiger partial charge in [-0.05, 0) is 29.8 Å².